The lowest BCUT2D eigenvalue weighted by Gasteiger charge is -2.17. The van der Waals surface area contributed by atoms with Gasteiger partial charge in [0.1, 0.15) is 0 Å². The Morgan fingerprint density at radius 3 is 2.42 bits per heavy atom. The summed E-state index contributed by atoms with van der Waals surface area (Å²) >= 11 is 0. The van der Waals surface area contributed by atoms with Gasteiger partial charge in [0, 0.05) is 25.2 Å². The van der Waals surface area contributed by atoms with Crippen LogP contribution >= 0.6 is 0 Å². The SMILES string of the molecule is O=C(c1nc(-c2ccccc2)n(-c2ccccc2)n1)N1CCCNCC1. The quantitative estimate of drug-likeness (QED) is 0.790. The van der Waals surface area contributed by atoms with Gasteiger partial charge in [-0.15, -0.1) is 5.10 Å². The fourth-order valence-corrected chi connectivity index (χ4v) is 3.12. The molecule has 0 radical (unpaired) electrons. The minimum atomic E-state index is -0.111. The number of amides is 1. The Kier molecular flexibility index (Phi) is 4.75. The van der Waals surface area contributed by atoms with E-state index in [1.165, 1.54) is 0 Å². The first kappa shape index (κ1) is 16.5. The van der Waals surface area contributed by atoms with Crippen LogP contribution in [0, 0.1) is 0 Å². The number of aromatic nitrogens is 3. The van der Waals surface area contributed by atoms with Crippen molar-refractivity contribution in [1.82, 2.24) is 25.0 Å². The summed E-state index contributed by atoms with van der Waals surface area (Å²) < 4.78 is 1.75. The topological polar surface area (TPSA) is 63.1 Å². The predicted octanol–water partition coefficient (Wildman–Crippen LogP) is 2.37. The zero-order valence-corrected chi connectivity index (χ0v) is 14.5. The van der Waals surface area contributed by atoms with Crippen molar-refractivity contribution in [3.8, 4) is 17.1 Å². The predicted molar refractivity (Wildman–Crippen MR) is 100 cm³/mol. The molecule has 0 saturated carbocycles. The first-order valence-electron chi connectivity index (χ1n) is 8.91. The average Bonchev–Trinajstić information content (AvgIpc) is 2.97. The molecule has 2 heterocycles. The molecule has 0 spiro atoms. The molecule has 0 bridgehead atoms. The van der Waals surface area contributed by atoms with Crippen LogP contribution in [0.3, 0.4) is 0 Å². The number of rotatable bonds is 3. The molecule has 1 saturated heterocycles. The monoisotopic (exact) mass is 347 g/mol. The van der Waals surface area contributed by atoms with Crippen LogP contribution in [-0.2, 0) is 0 Å². The Bertz CT molecular complexity index is 811. The number of para-hydroxylation sites is 1. The molecule has 0 atom stereocenters. The van der Waals surface area contributed by atoms with E-state index in [-0.39, 0.29) is 11.7 Å². The molecule has 6 nitrogen and oxygen atoms in total. The van der Waals surface area contributed by atoms with E-state index < -0.39 is 0 Å². The standard InChI is InChI=1S/C20H21N5O/c26-20(24-14-7-12-21-13-15-24)18-22-19(16-8-3-1-4-9-16)25(23-18)17-10-5-2-6-11-17/h1-6,8-11,21H,7,12-15H2. The first-order chi connectivity index (χ1) is 12.8. The Morgan fingerprint density at radius 1 is 0.923 bits per heavy atom. The molecule has 1 aliphatic heterocycles. The summed E-state index contributed by atoms with van der Waals surface area (Å²) in [6.07, 6.45) is 0.941. The largest absolute Gasteiger partial charge is 0.335 e. The lowest BCUT2D eigenvalue weighted by Crippen LogP contribution is -2.34. The van der Waals surface area contributed by atoms with Gasteiger partial charge in [-0.25, -0.2) is 9.67 Å². The van der Waals surface area contributed by atoms with E-state index in [1.807, 2.05) is 65.6 Å². The molecule has 1 N–H and O–H groups in total. The molecule has 26 heavy (non-hydrogen) atoms. The average molecular weight is 347 g/mol. The molecular formula is C20H21N5O. The normalized spacial score (nSPS) is 14.8. The summed E-state index contributed by atoms with van der Waals surface area (Å²) in [7, 11) is 0. The maximum absolute atomic E-state index is 12.9. The molecule has 1 aliphatic rings. The van der Waals surface area contributed by atoms with Gasteiger partial charge in [0.15, 0.2) is 5.82 Å². The van der Waals surface area contributed by atoms with E-state index in [2.05, 4.69) is 15.4 Å². The maximum Gasteiger partial charge on any atom is 0.293 e. The first-order valence-corrected chi connectivity index (χ1v) is 8.91. The summed E-state index contributed by atoms with van der Waals surface area (Å²) in [6.45, 7) is 3.15. The number of nitrogens with zero attached hydrogens (tertiary/aromatic N) is 4. The van der Waals surface area contributed by atoms with Gasteiger partial charge in [-0.2, -0.15) is 0 Å². The van der Waals surface area contributed by atoms with Crippen molar-refractivity contribution in [3.05, 3.63) is 66.5 Å². The molecule has 3 aromatic rings. The minimum absolute atomic E-state index is 0.111. The Morgan fingerprint density at radius 2 is 1.65 bits per heavy atom. The summed E-state index contributed by atoms with van der Waals surface area (Å²) in [5, 5.41) is 7.87. The van der Waals surface area contributed by atoms with Gasteiger partial charge in [0.05, 0.1) is 5.69 Å². The van der Waals surface area contributed by atoms with E-state index in [0.29, 0.717) is 12.4 Å². The fraction of sp³-hybridized carbons (Fsp3) is 0.250. The molecule has 1 fully saturated rings. The number of benzene rings is 2. The molecule has 132 valence electrons. The van der Waals surface area contributed by atoms with E-state index >= 15 is 0 Å². The van der Waals surface area contributed by atoms with Crippen LogP contribution in [0.1, 0.15) is 17.0 Å². The number of hydrogen-bond acceptors (Lipinski definition) is 4. The molecule has 4 rings (SSSR count). The van der Waals surface area contributed by atoms with Crippen molar-refractivity contribution in [3.63, 3.8) is 0 Å². The van der Waals surface area contributed by atoms with E-state index in [9.17, 15) is 4.79 Å². The van der Waals surface area contributed by atoms with Crippen LogP contribution in [0.15, 0.2) is 60.7 Å². The molecule has 0 unspecified atom stereocenters. The number of carbonyl (C=O) groups is 1. The van der Waals surface area contributed by atoms with Crippen LogP contribution in [0.5, 0.6) is 0 Å². The van der Waals surface area contributed by atoms with Gasteiger partial charge in [-0.1, -0.05) is 48.5 Å². The van der Waals surface area contributed by atoms with Crippen LogP contribution in [0.2, 0.25) is 0 Å². The van der Waals surface area contributed by atoms with Crippen LogP contribution in [-0.4, -0.2) is 51.8 Å². The molecular weight excluding hydrogens is 326 g/mol. The van der Waals surface area contributed by atoms with E-state index in [4.69, 9.17) is 0 Å². The van der Waals surface area contributed by atoms with Gasteiger partial charge in [0.25, 0.3) is 5.91 Å². The minimum Gasteiger partial charge on any atom is -0.335 e. The summed E-state index contributed by atoms with van der Waals surface area (Å²) in [5.41, 5.74) is 1.82. The van der Waals surface area contributed by atoms with Crippen LogP contribution < -0.4 is 5.32 Å². The zero-order chi connectivity index (χ0) is 17.8. The highest BCUT2D eigenvalue weighted by Crippen LogP contribution is 2.21. The number of carbonyl (C=O) groups excluding carboxylic acids is 1. The molecule has 0 aliphatic carbocycles. The van der Waals surface area contributed by atoms with E-state index in [1.54, 1.807) is 4.68 Å². The second-order valence-electron chi connectivity index (χ2n) is 6.27. The van der Waals surface area contributed by atoms with Crippen LogP contribution in [0.25, 0.3) is 17.1 Å². The molecule has 1 aromatic heterocycles. The van der Waals surface area contributed by atoms with Gasteiger partial charge in [-0.05, 0) is 25.1 Å². The number of nitrogens with one attached hydrogen (secondary N) is 1. The third kappa shape index (κ3) is 3.36. The third-order valence-corrected chi connectivity index (χ3v) is 4.46. The Labute approximate surface area is 152 Å². The molecule has 2 aromatic carbocycles. The second kappa shape index (κ2) is 7.49. The highest BCUT2D eigenvalue weighted by Gasteiger charge is 2.24. The van der Waals surface area contributed by atoms with Gasteiger partial charge >= 0.3 is 0 Å². The van der Waals surface area contributed by atoms with Gasteiger partial charge in [-0.3, -0.25) is 4.79 Å². The third-order valence-electron chi connectivity index (χ3n) is 4.46. The Balaban J connectivity index is 1.75. The summed E-state index contributed by atoms with van der Waals surface area (Å²) in [6, 6.07) is 19.6. The van der Waals surface area contributed by atoms with Crippen molar-refractivity contribution < 1.29 is 4.79 Å². The summed E-state index contributed by atoms with van der Waals surface area (Å²) in [5.74, 6) is 0.809. The highest BCUT2D eigenvalue weighted by atomic mass is 16.2. The van der Waals surface area contributed by atoms with Crippen molar-refractivity contribution in [2.75, 3.05) is 26.2 Å². The fourth-order valence-electron chi connectivity index (χ4n) is 3.12. The van der Waals surface area contributed by atoms with Crippen molar-refractivity contribution in [1.29, 1.82) is 0 Å². The van der Waals surface area contributed by atoms with E-state index in [0.717, 1.165) is 37.3 Å². The lowest BCUT2D eigenvalue weighted by molar-refractivity contribution is 0.0754. The molecule has 1 amide bonds. The lowest BCUT2D eigenvalue weighted by atomic mass is 10.2. The van der Waals surface area contributed by atoms with Gasteiger partial charge < -0.3 is 10.2 Å². The zero-order valence-electron chi connectivity index (χ0n) is 14.5. The van der Waals surface area contributed by atoms with Crippen LogP contribution in [0.4, 0.5) is 0 Å². The highest BCUT2D eigenvalue weighted by molar-refractivity contribution is 5.91. The smallest absolute Gasteiger partial charge is 0.293 e. The molecule has 6 heteroatoms. The van der Waals surface area contributed by atoms with Crippen molar-refractivity contribution >= 4 is 5.91 Å². The number of hydrogen-bond donors (Lipinski definition) is 1. The van der Waals surface area contributed by atoms with Crippen molar-refractivity contribution in [2.45, 2.75) is 6.42 Å². The van der Waals surface area contributed by atoms with Crippen molar-refractivity contribution in [2.24, 2.45) is 0 Å². The second-order valence-corrected chi connectivity index (χ2v) is 6.27. The van der Waals surface area contributed by atoms with Gasteiger partial charge in [0.2, 0.25) is 5.82 Å². The Hall–Kier alpha value is -2.99. The maximum atomic E-state index is 12.9. The summed E-state index contributed by atoms with van der Waals surface area (Å²) in [4.78, 5) is 19.4.